The van der Waals surface area contributed by atoms with Gasteiger partial charge in [0.15, 0.2) is 0 Å². The van der Waals surface area contributed by atoms with Crippen LogP contribution in [0.2, 0.25) is 0 Å². The third-order valence-corrected chi connectivity index (χ3v) is 3.33. The van der Waals surface area contributed by atoms with Crippen LogP contribution in [0.4, 0.5) is 11.4 Å². The number of hydrogen-bond donors (Lipinski definition) is 2. The van der Waals surface area contributed by atoms with Crippen LogP contribution in [-0.4, -0.2) is 40.0 Å². The van der Waals surface area contributed by atoms with E-state index in [0.29, 0.717) is 6.54 Å². The van der Waals surface area contributed by atoms with E-state index in [2.05, 4.69) is 0 Å². The summed E-state index contributed by atoms with van der Waals surface area (Å²) in [6.07, 6.45) is 1.60. The fourth-order valence-corrected chi connectivity index (χ4v) is 2.31. The van der Waals surface area contributed by atoms with Crippen molar-refractivity contribution in [1.29, 1.82) is 0 Å². The molecule has 0 aliphatic carbocycles. The van der Waals surface area contributed by atoms with Crippen molar-refractivity contribution < 1.29 is 14.8 Å². The maximum absolute atomic E-state index is 12.3. The van der Waals surface area contributed by atoms with E-state index in [1.54, 1.807) is 4.90 Å². The van der Waals surface area contributed by atoms with Crippen LogP contribution in [0.15, 0.2) is 18.2 Å². The predicted octanol–water partition coefficient (Wildman–Crippen LogP) is 0.774. The zero-order chi connectivity index (χ0) is 14.0. The third-order valence-electron chi connectivity index (χ3n) is 3.33. The number of carbonyl (C=O) groups is 1. The first-order valence-electron chi connectivity index (χ1n) is 6.00. The Morgan fingerprint density at radius 1 is 1.58 bits per heavy atom. The van der Waals surface area contributed by atoms with Gasteiger partial charge in [0.05, 0.1) is 28.8 Å². The highest BCUT2D eigenvalue weighted by atomic mass is 16.6. The number of likely N-dealkylation sites (tertiary alicyclic amines) is 1. The summed E-state index contributed by atoms with van der Waals surface area (Å²) in [7, 11) is 0. The van der Waals surface area contributed by atoms with Gasteiger partial charge in [-0.05, 0) is 18.9 Å². The standard InChI is InChI=1S/C12H15N3O4/c13-11-6-8(15(18)19)3-4-10(11)12(17)14-5-1-2-9(14)7-16/h3-4,6,9,16H,1-2,5,7,13H2. The summed E-state index contributed by atoms with van der Waals surface area (Å²) in [6.45, 7) is 0.485. The number of nitro groups is 1. The van der Waals surface area contributed by atoms with Crippen LogP contribution in [0.1, 0.15) is 23.2 Å². The Kier molecular flexibility index (Phi) is 3.66. The number of aliphatic hydroxyl groups is 1. The highest BCUT2D eigenvalue weighted by Crippen LogP contribution is 2.25. The topological polar surface area (TPSA) is 110 Å². The van der Waals surface area contributed by atoms with Gasteiger partial charge in [-0.1, -0.05) is 0 Å². The summed E-state index contributed by atoms with van der Waals surface area (Å²) in [6, 6.07) is 3.61. The largest absolute Gasteiger partial charge is 0.398 e. The zero-order valence-corrected chi connectivity index (χ0v) is 10.3. The van der Waals surface area contributed by atoms with Crippen LogP contribution in [0, 0.1) is 10.1 Å². The van der Waals surface area contributed by atoms with E-state index in [1.807, 2.05) is 0 Å². The zero-order valence-electron chi connectivity index (χ0n) is 10.3. The van der Waals surface area contributed by atoms with Gasteiger partial charge in [-0.25, -0.2) is 0 Å². The first-order chi connectivity index (χ1) is 9.04. The first-order valence-corrected chi connectivity index (χ1v) is 6.00. The summed E-state index contributed by atoms with van der Waals surface area (Å²) < 4.78 is 0. The number of carbonyl (C=O) groups excluding carboxylic acids is 1. The number of aliphatic hydroxyl groups excluding tert-OH is 1. The van der Waals surface area contributed by atoms with Crippen molar-refractivity contribution in [3.63, 3.8) is 0 Å². The minimum atomic E-state index is -0.559. The molecule has 1 atom stereocenters. The molecular weight excluding hydrogens is 250 g/mol. The number of nitrogens with two attached hydrogens (primary N) is 1. The second kappa shape index (κ2) is 5.23. The van der Waals surface area contributed by atoms with Crippen molar-refractivity contribution in [1.82, 2.24) is 4.90 Å². The van der Waals surface area contributed by atoms with Crippen LogP contribution in [0.5, 0.6) is 0 Å². The van der Waals surface area contributed by atoms with Crippen molar-refractivity contribution in [3.05, 3.63) is 33.9 Å². The normalized spacial score (nSPS) is 18.6. The average Bonchev–Trinajstić information content (AvgIpc) is 2.85. The Balaban J connectivity index is 2.26. The van der Waals surface area contributed by atoms with Gasteiger partial charge in [0, 0.05) is 18.7 Å². The van der Waals surface area contributed by atoms with Crippen LogP contribution < -0.4 is 5.73 Å². The lowest BCUT2D eigenvalue weighted by Gasteiger charge is -2.23. The van der Waals surface area contributed by atoms with E-state index < -0.39 is 4.92 Å². The Hall–Kier alpha value is -2.15. The van der Waals surface area contributed by atoms with Crippen molar-refractivity contribution in [2.45, 2.75) is 18.9 Å². The number of non-ortho nitro benzene ring substituents is 1. The molecule has 1 unspecified atom stereocenters. The van der Waals surface area contributed by atoms with Gasteiger partial charge in [-0.2, -0.15) is 0 Å². The van der Waals surface area contributed by atoms with Crippen LogP contribution >= 0.6 is 0 Å². The lowest BCUT2D eigenvalue weighted by Crippen LogP contribution is -2.37. The molecule has 1 aromatic rings. The van der Waals surface area contributed by atoms with Gasteiger partial charge in [0.2, 0.25) is 0 Å². The molecule has 0 bridgehead atoms. The lowest BCUT2D eigenvalue weighted by atomic mass is 10.1. The summed E-state index contributed by atoms with van der Waals surface area (Å²) in [5.41, 5.74) is 5.88. The number of nitrogen functional groups attached to an aromatic ring is 1. The first kappa shape index (κ1) is 13.3. The molecule has 1 aromatic carbocycles. The van der Waals surface area contributed by atoms with E-state index in [4.69, 9.17) is 5.73 Å². The molecule has 0 saturated carbocycles. The molecule has 0 spiro atoms. The van der Waals surface area contributed by atoms with Gasteiger partial charge in [0.1, 0.15) is 0 Å². The molecule has 3 N–H and O–H groups in total. The molecule has 1 aliphatic rings. The molecule has 2 rings (SSSR count). The number of rotatable bonds is 3. The summed E-state index contributed by atoms with van der Waals surface area (Å²) in [5, 5.41) is 19.8. The Labute approximate surface area is 109 Å². The smallest absolute Gasteiger partial charge is 0.271 e. The molecule has 1 saturated heterocycles. The second-order valence-electron chi connectivity index (χ2n) is 4.51. The van der Waals surface area contributed by atoms with Crippen LogP contribution in [-0.2, 0) is 0 Å². The van der Waals surface area contributed by atoms with E-state index >= 15 is 0 Å². The minimum Gasteiger partial charge on any atom is -0.398 e. The summed E-state index contributed by atoms with van der Waals surface area (Å²) in [5.74, 6) is -0.288. The van der Waals surface area contributed by atoms with E-state index in [9.17, 15) is 20.0 Å². The van der Waals surface area contributed by atoms with E-state index in [0.717, 1.165) is 12.8 Å². The van der Waals surface area contributed by atoms with E-state index in [1.165, 1.54) is 18.2 Å². The molecule has 19 heavy (non-hydrogen) atoms. The molecule has 1 fully saturated rings. The fraction of sp³-hybridized carbons (Fsp3) is 0.417. The van der Waals surface area contributed by atoms with Gasteiger partial charge >= 0.3 is 0 Å². The number of benzene rings is 1. The number of nitro benzene ring substituents is 1. The van der Waals surface area contributed by atoms with Crippen LogP contribution in [0.25, 0.3) is 0 Å². The SMILES string of the molecule is Nc1cc([N+](=O)[O-])ccc1C(=O)N1CCCC1CO. The number of hydrogen-bond acceptors (Lipinski definition) is 5. The lowest BCUT2D eigenvalue weighted by molar-refractivity contribution is -0.384. The number of anilines is 1. The van der Waals surface area contributed by atoms with Crippen molar-refractivity contribution >= 4 is 17.3 Å². The highest BCUT2D eigenvalue weighted by Gasteiger charge is 2.30. The molecule has 1 aliphatic heterocycles. The summed E-state index contributed by atoms with van der Waals surface area (Å²) >= 11 is 0. The van der Waals surface area contributed by atoms with Crippen molar-refractivity contribution in [2.24, 2.45) is 0 Å². The Morgan fingerprint density at radius 3 is 2.89 bits per heavy atom. The van der Waals surface area contributed by atoms with Crippen molar-refractivity contribution in [2.75, 3.05) is 18.9 Å². The van der Waals surface area contributed by atoms with Gasteiger partial charge in [-0.3, -0.25) is 14.9 Å². The van der Waals surface area contributed by atoms with E-state index in [-0.39, 0.29) is 35.5 Å². The number of nitrogens with zero attached hydrogens (tertiary/aromatic N) is 2. The van der Waals surface area contributed by atoms with Gasteiger partial charge < -0.3 is 15.7 Å². The molecule has 1 amide bonds. The molecule has 0 aromatic heterocycles. The third kappa shape index (κ3) is 2.50. The maximum atomic E-state index is 12.3. The van der Waals surface area contributed by atoms with Crippen molar-refractivity contribution in [3.8, 4) is 0 Å². The average molecular weight is 265 g/mol. The maximum Gasteiger partial charge on any atom is 0.271 e. The highest BCUT2D eigenvalue weighted by molar-refractivity contribution is 5.99. The minimum absolute atomic E-state index is 0.0847. The molecule has 7 heteroatoms. The Bertz CT molecular complexity index is 518. The molecule has 0 radical (unpaired) electrons. The predicted molar refractivity (Wildman–Crippen MR) is 68.7 cm³/mol. The monoisotopic (exact) mass is 265 g/mol. The molecular formula is C12H15N3O4. The van der Waals surface area contributed by atoms with Crippen LogP contribution in [0.3, 0.4) is 0 Å². The fourth-order valence-electron chi connectivity index (χ4n) is 2.31. The molecule has 102 valence electrons. The Morgan fingerprint density at radius 2 is 2.32 bits per heavy atom. The summed E-state index contributed by atoms with van der Waals surface area (Å²) in [4.78, 5) is 23.9. The quantitative estimate of drug-likeness (QED) is 0.476. The number of amides is 1. The molecule has 1 heterocycles. The second-order valence-corrected chi connectivity index (χ2v) is 4.51. The molecule has 7 nitrogen and oxygen atoms in total. The van der Waals surface area contributed by atoms with Gasteiger partial charge in [0.25, 0.3) is 11.6 Å². The van der Waals surface area contributed by atoms with Gasteiger partial charge in [-0.15, -0.1) is 0 Å².